The van der Waals surface area contributed by atoms with Gasteiger partial charge in [0.2, 0.25) is 0 Å². The number of amides is 2. The fraction of sp³-hybridized carbons (Fsp3) is 0.650. The molecule has 2 fully saturated rings. The third-order valence-electron chi connectivity index (χ3n) is 5.16. The van der Waals surface area contributed by atoms with Crippen molar-refractivity contribution < 1.29 is 4.79 Å². The standard InChI is InChI=1S/C20H32N4O/c1-17(2)16-21-20(25)24-14-12-23(13-15-24)19-8-6-18(7-9-19)22-10-4-3-5-11-22/h6-9,17H,3-5,10-16H2,1-2H3,(H,21,25). The van der Waals surface area contributed by atoms with Crippen LogP contribution in [0, 0.1) is 5.92 Å². The van der Waals surface area contributed by atoms with Gasteiger partial charge in [0.15, 0.2) is 0 Å². The van der Waals surface area contributed by atoms with Crippen molar-refractivity contribution in [3.05, 3.63) is 24.3 Å². The number of piperidine rings is 1. The van der Waals surface area contributed by atoms with Crippen LogP contribution in [0.3, 0.4) is 0 Å². The Labute approximate surface area is 152 Å². The number of hydrogen-bond acceptors (Lipinski definition) is 3. The van der Waals surface area contributed by atoms with Gasteiger partial charge in [0.05, 0.1) is 0 Å². The summed E-state index contributed by atoms with van der Waals surface area (Å²) in [6.07, 6.45) is 3.98. The molecule has 5 heteroatoms. The SMILES string of the molecule is CC(C)CNC(=O)N1CCN(c2ccc(N3CCCCC3)cc2)CC1. The third kappa shape index (κ3) is 4.80. The summed E-state index contributed by atoms with van der Waals surface area (Å²) in [5, 5.41) is 3.01. The first-order valence-electron chi connectivity index (χ1n) is 9.76. The first-order valence-corrected chi connectivity index (χ1v) is 9.76. The molecule has 0 aromatic heterocycles. The Morgan fingerprint density at radius 1 is 0.880 bits per heavy atom. The molecule has 3 rings (SSSR count). The molecule has 5 nitrogen and oxygen atoms in total. The van der Waals surface area contributed by atoms with Crippen LogP contribution in [0.4, 0.5) is 16.2 Å². The van der Waals surface area contributed by atoms with E-state index in [0.29, 0.717) is 5.92 Å². The Kier molecular flexibility index (Phi) is 6.05. The molecule has 1 aromatic rings. The molecule has 1 N–H and O–H groups in total. The van der Waals surface area contributed by atoms with Gasteiger partial charge in [-0.1, -0.05) is 13.8 Å². The second-order valence-corrected chi connectivity index (χ2v) is 7.62. The van der Waals surface area contributed by atoms with E-state index in [1.807, 2.05) is 4.90 Å². The lowest BCUT2D eigenvalue weighted by Gasteiger charge is -2.36. The lowest BCUT2D eigenvalue weighted by atomic mass is 10.1. The second kappa shape index (κ2) is 8.45. The maximum atomic E-state index is 12.2. The third-order valence-corrected chi connectivity index (χ3v) is 5.16. The number of nitrogens with zero attached hydrogens (tertiary/aromatic N) is 3. The van der Waals surface area contributed by atoms with E-state index in [1.54, 1.807) is 0 Å². The number of rotatable bonds is 4. The van der Waals surface area contributed by atoms with Gasteiger partial charge >= 0.3 is 6.03 Å². The fourth-order valence-corrected chi connectivity index (χ4v) is 3.60. The van der Waals surface area contributed by atoms with Crippen LogP contribution in [0.15, 0.2) is 24.3 Å². The minimum Gasteiger partial charge on any atom is -0.372 e. The molecule has 0 saturated carbocycles. The zero-order valence-corrected chi connectivity index (χ0v) is 15.7. The Morgan fingerprint density at radius 3 is 1.92 bits per heavy atom. The van der Waals surface area contributed by atoms with E-state index in [9.17, 15) is 4.79 Å². The minimum atomic E-state index is 0.0776. The summed E-state index contributed by atoms with van der Waals surface area (Å²) in [7, 11) is 0. The van der Waals surface area contributed by atoms with Gasteiger partial charge in [0, 0.05) is 57.2 Å². The van der Waals surface area contributed by atoms with Crippen molar-refractivity contribution >= 4 is 17.4 Å². The quantitative estimate of drug-likeness (QED) is 0.912. The summed E-state index contributed by atoms with van der Waals surface area (Å²) in [4.78, 5) is 19.0. The number of anilines is 2. The molecule has 138 valence electrons. The van der Waals surface area contributed by atoms with Crippen molar-refractivity contribution in [2.24, 2.45) is 5.92 Å². The Hall–Kier alpha value is -1.91. The van der Waals surface area contributed by atoms with Crippen molar-refractivity contribution in [3.63, 3.8) is 0 Å². The Morgan fingerprint density at radius 2 is 1.40 bits per heavy atom. The van der Waals surface area contributed by atoms with Crippen LogP contribution in [-0.4, -0.2) is 56.7 Å². The second-order valence-electron chi connectivity index (χ2n) is 7.62. The van der Waals surface area contributed by atoms with Crippen LogP contribution in [0.25, 0.3) is 0 Å². The van der Waals surface area contributed by atoms with Crippen molar-refractivity contribution in [3.8, 4) is 0 Å². The Balaban J connectivity index is 1.50. The smallest absolute Gasteiger partial charge is 0.317 e. The van der Waals surface area contributed by atoms with Crippen LogP contribution < -0.4 is 15.1 Å². The summed E-state index contributed by atoms with van der Waals surface area (Å²) in [6.45, 7) is 10.7. The minimum absolute atomic E-state index is 0.0776. The molecule has 2 amide bonds. The summed E-state index contributed by atoms with van der Waals surface area (Å²) in [6, 6.07) is 9.05. The molecule has 0 atom stereocenters. The zero-order chi connectivity index (χ0) is 17.6. The van der Waals surface area contributed by atoms with Crippen molar-refractivity contribution in [1.29, 1.82) is 0 Å². The number of urea groups is 1. The van der Waals surface area contributed by atoms with Gasteiger partial charge in [-0.05, 0) is 49.4 Å². The normalized spacial score (nSPS) is 18.6. The molecule has 2 aliphatic rings. The monoisotopic (exact) mass is 344 g/mol. The molecule has 0 spiro atoms. The van der Waals surface area contributed by atoms with E-state index in [4.69, 9.17) is 0 Å². The topological polar surface area (TPSA) is 38.8 Å². The highest BCUT2D eigenvalue weighted by molar-refractivity contribution is 5.74. The maximum Gasteiger partial charge on any atom is 0.317 e. The van der Waals surface area contributed by atoms with E-state index in [1.165, 1.54) is 43.7 Å². The van der Waals surface area contributed by atoms with Gasteiger partial charge in [-0.15, -0.1) is 0 Å². The van der Waals surface area contributed by atoms with Gasteiger partial charge in [0.1, 0.15) is 0 Å². The van der Waals surface area contributed by atoms with Crippen LogP contribution >= 0.6 is 0 Å². The lowest BCUT2D eigenvalue weighted by molar-refractivity contribution is 0.193. The van der Waals surface area contributed by atoms with E-state index in [0.717, 1.165) is 32.7 Å². The molecule has 0 bridgehead atoms. The zero-order valence-electron chi connectivity index (χ0n) is 15.7. The van der Waals surface area contributed by atoms with Gasteiger partial charge in [-0.3, -0.25) is 0 Å². The maximum absolute atomic E-state index is 12.2. The summed E-state index contributed by atoms with van der Waals surface area (Å²) in [5.74, 6) is 0.489. The van der Waals surface area contributed by atoms with E-state index in [-0.39, 0.29) is 6.03 Å². The molecular weight excluding hydrogens is 312 g/mol. The molecule has 0 unspecified atom stereocenters. The van der Waals surface area contributed by atoms with Crippen LogP contribution in [0.2, 0.25) is 0 Å². The highest BCUT2D eigenvalue weighted by Gasteiger charge is 2.21. The predicted molar refractivity (Wildman–Crippen MR) is 105 cm³/mol. The molecular formula is C20H32N4O. The summed E-state index contributed by atoms with van der Waals surface area (Å²) in [5.41, 5.74) is 2.61. The van der Waals surface area contributed by atoms with Gasteiger partial charge < -0.3 is 20.0 Å². The predicted octanol–water partition coefficient (Wildman–Crippen LogP) is 3.16. The molecule has 25 heavy (non-hydrogen) atoms. The molecule has 2 heterocycles. The number of benzene rings is 1. The molecule has 0 aliphatic carbocycles. The number of piperazine rings is 1. The van der Waals surface area contributed by atoms with Crippen LogP contribution in [-0.2, 0) is 0 Å². The van der Waals surface area contributed by atoms with Gasteiger partial charge in [-0.2, -0.15) is 0 Å². The molecule has 2 aliphatic heterocycles. The van der Waals surface area contributed by atoms with Gasteiger partial charge in [-0.25, -0.2) is 4.79 Å². The van der Waals surface area contributed by atoms with E-state index < -0.39 is 0 Å². The number of hydrogen-bond donors (Lipinski definition) is 1. The van der Waals surface area contributed by atoms with Crippen molar-refractivity contribution in [1.82, 2.24) is 10.2 Å². The number of nitrogens with one attached hydrogen (secondary N) is 1. The number of carbonyl (C=O) groups is 1. The highest BCUT2D eigenvalue weighted by Crippen LogP contribution is 2.24. The first-order chi connectivity index (χ1) is 12.1. The highest BCUT2D eigenvalue weighted by atomic mass is 16.2. The first kappa shape index (κ1) is 17.9. The van der Waals surface area contributed by atoms with E-state index >= 15 is 0 Å². The van der Waals surface area contributed by atoms with Crippen LogP contribution in [0.1, 0.15) is 33.1 Å². The lowest BCUT2D eigenvalue weighted by Crippen LogP contribution is -2.52. The van der Waals surface area contributed by atoms with Crippen molar-refractivity contribution in [2.75, 3.05) is 55.6 Å². The van der Waals surface area contributed by atoms with Crippen molar-refractivity contribution in [2.45, 2.75) is 33.1 Å². The summed E-state index contributed by atoms with van der Waals surface area (Å²) >= 11 is 0. The Bertz CT molecular complexity index is 543. The van der Waals surface area contributed by atoms with Gasteiger partial charge in [0.25, 0.3) is 0 Å². The molecule has 2 saturated heterocycles. The average Bonchev–Trinajstić information content (AvgIpc) is 2.67. The number of carbonyl (C=O) groups excluding carboxylic acids is 1. The molecule has 1 aromatic carbocycles. The van der Waals surface area contributed by atoms with E-state index in [2.05, 4.69) is 53.2 Å². The largest absolute Gasteiger partial charge is 0.372 e. The average molecular weight is 345 g/mol. The molecule has 0 radical (unpaired) electrons. The fourth-order valence-electron chi connectivity index (χ4n) is 3.60. The summed E-state index contributed by atoms with van der Waals surface area (Å²) < 4.78 is 0. The van der Waals surface area contributed by atoms with Crippen LogP contribution in [0.5, 0.6) is 0 Å².